The predicted molar refractivity (Wildman–Crippen MR) is 61.3 cm³/mol. The number of nitrogens with one attached hydrogen (secondary N) is 1. The average molecular weight is 249 g/mol. The fourth-order valence-electron chi connectivity index (χ4n) is 1.38. The van der Waals surface area contributed by atoms with Crippen molar-refractivity contribution in [2.24, 2.45) is 0 Å². The van der Waals surface area contributed by atoms with Crippen LogP contribution in [0.3, 0.4) is 0 Å². The van der Waals surface area contributed by atoms with Crippen molar-refractivity contribution in [2.75, 3.05) is 0 Å². The number of aromatic nitrogens is 2. The summed E-state index contributed by atoms with van der Waals surface area (Å²) in [4.78, 5) is 19.2. The van der Waals surface area contributed by atoms with Gasteiger partial charge < -0.3 is 9.73 Å². The first-order chi connectivity index (χ1) is 8.56. The summed E-state index contributed by atoms with van der Waals surface area (Å²) in [6, 6.07) is 2.50. The van der Waals surface area contributed by atoms with Crippen molar-refractivity contribution in [3.63, 3.8) is 0 Å². The molecule has 18 heavy (non-hydrogen) atoms. The summed E-state index contributed by atoms with van der Waals surface area (Å²) in [5.74, 6) is 0.192. The zero-order valence-corrected chi connectivity index (χ0v) is 10.0. The molecule has 0 fully saturated rings. The second kappa shape index (κ2) is 4.95. The van der Waals surface area contributed by atoms with Gasteiger partial charge in [0.25, 0.3) is 5.91 Å². The van der Waals surface area contributed by atoms with Gasteiger partial charge in [-0.3, -0.25) is 4.79 Å². The first kappa shape index (κ1) is 12.2. The maximum atomic E-state index is 12.6. The van der Waals surface area contributed by atoms with E-state index in [0.717, 1.165) is 17.5 Å². The summed E-state index contributed by atoms with van der Waals surface area (Å²) in [6.45, 7) is 3.82. The number of oxazole rings is 1. The van der Waals surface area contributed by atoms with Gasteiger partial charge in [-0.2, -0.15) is 4.39 Å². The minimum atomic E-state index is -0.620. The summed E-state index contributed by atoms with van der Waals surface area (Å²) in [5, 5.41) is 2.62. The van der Waals surface area contributed by atoms with Crippen LogP contribution in [0.25, 0.3) is 0 Å². The summed E-state index contributed by atoms with van der Waals surface area (Å²) in [5.41, 5.74) is 1.08. The smallest absolute Gasteiger partial charge is 0.253 e. The third-order valence-corrected chi connectivity index (χ3v) is 2.46. The second-order valence-corrected chi connectivity index (χ2v) is 3.80. The van der Waals surface area contributed by atoms with Gasteiger partial charge in [0.15, 0.2) is 0 Å². The highest BCUT2D eigenvalue weighted by Crippen LogP contribution is 2.08. The molecule has 2 aromatic rings. The topological polar surface area (TPSA) is 68.0 Å². The van der Waals surface area contributed by atoms with Crippen LogP contribution in [-0.2, 0) is 6.54 Å². The molecule has 2 heterocycles. The Kier molecular flexibility index (Phi) is 3.36. The minimum Gasteiger partial charge on any atom is -0.444 e. The molecule has 0 atom stereocenters. The first-order valence-electron chi connectivity index (χ1n) is 5.39. The van der Waals surface area contributed by atoms with Crippen LogP contribution in [0.15, 0.2) is 22.7 Å². The number of carbonyl (C=O) groups excluding carboxylic acids is 1. The van der Waals surface area contributed by atoms with Crippen LogP contribution in [0.1, 0.15) is 27.7 Å². The lowest BCUT2D eigenvalue weighted by Gasteiger charge is -2.01. The predicted octanol–water partition coefficient (Wildman–Crippen LogP) is 1.76. The van der Waals surface area contributed by atoms with Crippen LogP contribution in [-0.4, -0.2) is 15.9 Å². The third-order valence-electron chi connectivity index (χ3n) is 2.46. The molecule has 0 saturated heterocycles. The average Bonchev–Trinajstić information content (AvgIpc) is 2.67. The van der Waals surface area contributed by atoms with Crippen LogP contribution in [0, 0.1) is 19.8 Å². The summed E-state index contributed by atoms with van der Waals surface area (Å²) in [6.07, 6.45) is 1.18. The van der Waals surface area contributed by atoms with Gasteiger partial charge in [-0.1, -0.05) is 0 Å². The maximum absolute atomic E-state index is 12.6. The van der Waals surface area contributed by atoms with E-state index in [-0.39, 0.29) is 18.0 Å². The molecule has 0 saturated carbocycles. The molecular weight excluding hydrogens is 237 g/mol. The molecule has 0 aromatic carbocycles. The van der Waals surface area contributed by atoms with Gasteiger partial charge in [-0.15, -0.1) is 0 Å². The van der Waals surface area contributed by atoms with Crippen LogP contribution < -0.4 is 5.32 Å². The second-order valence-electron chi connectivity index (χ2n) is 3.80. The molecule has 0 aliphatic heterocycles. The van der Waals surface area contributed by atoms with Crippen molar-refractivity contribution >= 4 is 5.91 Å². The van der Waals surface area contributed by atoms with Crippen molar-refractivity contribution in [1.29, 1.82) is 0 Å². The number of hydrogen-bond donors (Lipinski definition) is 1. The Bertz CT molecular complexity index is 544. The molecule has 1 amide bonds. The van der Waals surface area contributed by atoms with Crippen molar-refractivity contribution in [2.45, 2.75) is 20.4 Å². The lowest BCUT2D eigenvalue weighted by Crippen LogP contribution is -2.23. The Labute approximate surface area is 103 Å². The lowest BCUT2D eigenvalue weighted by molar-refractivity contribution is 0.0946. The quantitative estimate of drug-likeness (QED) is 0.841. The molecule has 0 spiro atoms. The summed E-state index contributed by atoms with van der Waals surface area (Å²) >= 11 is 0. The fourth-order valence-corrected chi connectivity index (χ4v) is 1.38. The first-order valence-corrected chi connectivity index (χ1v) is 5.39. The Morgan fingerprint density at radius 3 is 2.78 bits per heavy atom. The van der Waals surface area contributed by atoms with E-state index < -0.39 is 5.95 Å². The van der Waals surface area contributed by atoms with E-state index in [2.05, 4.69) is 15.3 Å². The normalized spacial score (nSPS) is 10.4. The van der Waals surface area contributed by atoms with E-state index in [0.29, 0.717) is 5.89 Å². The number of nitrogens with zero attached hydrogens (tertiary/aromatic N) is 2. The van der Waals surface area contributed by atoms with E-state index in [9.17, 15) is 9.18 Å². The number of hydrogen-bond acceptors (Lipinski definition) is 4. The molecule has 2 rings (SSSR count). The van der Waals surface area contributed by atoms with Crippen molar-refractivity contribution < 1.29 is 13.6 Å². The highest BCUT2D eigenvalue weighted by molar-refractivity contribution is 5.93. The molecule has 0 unspecified atom stereocenters. The van der Waals surface area contributed by atoms with E-state index in [1.807, 2.05) is 6.92 Å². The van der Waals surface area contributed by atoms with Crippen LogP contribution >= 0.6 is 0 Å². The molecule has 2 aromatic heterocycles. The molecule has 6 heteroatoms. The van der Waals surface area contributed by atoms with E-state index in [4.69, 9.17) is 4.42 Å². The van der Waals surface area contributed by atoms with Gasteiger partial charge in [0.05, 0.1) is 17.8 Å². The summed E-state index contributed by atoms with van der Waals surface area (Å²) < 4.78 is 17.9. The van der Waals surface area contributed by atoms with E-state index >= 15 is 0 Å². The van der Waals surface area contributed by atoms with Gasteiger partial charge in [-0.25, -0.2) is 9.97 Å². The van der Waals surface area contributed by atoms with Gasteiger partial charge >= 0.3 is 0 Å². The Balaban J connectivity index is 1.98. The third kappa shape index (κ3) is 2.71. The molecule has 94 valence electrons. The molecule has 0 aliphatic rings. The number of halogens is 1. The molecule has 0 aliphatic carbocycles. The molecular formula is C12H12FN3O2. The standard InChI is InChI=1S/C12H12FN3O2/c1-7-8(2)18-11(16-7)6-15-12(17)9-3-4-10(13)14-5-9/h3-5H,6H2,1-2H3,(H,15,17). The Hall–Kier alpha value is -2.24. The van der Waals surface area contributed by atoms with Crippen molar-refractivity contribution in [3.05, 3.63) is 47.2 Å². The fraction of sp³-hybridized carbons (Fsp3) is 0.250. The Morgan fingerprint density at radius 1 is 1.44 bits per heavy atom. The van der Waals surface area contributed by atoms with E-state index in [1.165, 1.54) is 12.3 Å². The number of aryl methyl sites for hydroxylation is 2. The van der Waals surface area contributed by atoms with Crippen LogP contribution in [0.5, 0.6) is 0 Å². The van der Waals surface area contributed by atoms with Crippen LogP contribution in [0.4, 0.5) is 4.39 Å². The Morgan fingerprint density at radius 2 is 2.22 bits per heavy atom. The molecule has 0 radical (unpaired) electrons. The molecule has 0 bridgehead atoms. The van der Waals surface area contributed by atoms with Crippen molar-refractivity contribution in [1.82, 2.24) is 15.3 Å². The SMILES string of the molecule is Cc1nc(CNC(=O)c2ccc(F)nc2)oc1C. The van der Waals surface area contributed by atoms with Crippen molar-refractivity contribution in [3.8, 4) is 0 Å². The molecule has 5 nitrogen and oxygen atoms in total. The van der Waals surface area contributed by atoms with Gasteiger partial charge in [0.2, 0.25) is 11.8 Å². The monoisotopic (exact) mass is 249 g/mol. The highest BCUT2D eigenvalue weighted by Gasteiger charge is 2.09. The van der Waals surface area contributed by atoms with Gasteiger partial charge in [0, 0.05) is 6.20 Å². The number of amides is 1. The van der Waals surface area contributed by atoms with Crippen LogP contribution in [0.2, 0.25) is 0 Å². The van der Waals surface area contributed by atoms with Gasteiger partial charge in [-0.05, 0) is 26.0 Å². The van der Waals surface area contributed by atoms with E-state index in [1.54, 1.807) is 6.92 Å². The zero-order chi connectivity index (χ0) is 13.1. The largest absolute Gasteiger partial charge is 0.444 e. The number of rotatable bonds is 3. The number of carbonyl (C=O) groups is 1. The maximum Gasteiger partial charge on any atom is 0.253 e. The minimum absolute atomic E-state index is 0.185. The molecule has 1 N–H and O–H groups in total. The zero-order valence-electron chi connectivity index (χ0n) is 10.0. The highest BCUT2D eigenvalue weighted by atomic mass is 19.1. The lowest BCUT2D eigenvalue weighted by atomic mass is 10.3. The number of pyridine rings is 1. The van der Waals surface area contributed by atoms with Gasteiger partial charge in [0.1, 0.15) is 5.76 Å². The summed E-state index contributed by atoms with van der Waals surface area (Å²) in [7, 11) is 0.